The van der Waals surface area contributed by atoms with Crippen LogP contribution in [0, 0.1) is 5.92 Å². The van der Waals surface area contributed by atoms with Gasteiger partial charge in [0.05, 0.1) is 6.61 Å². The second-order valence-electron chi connectivity index (χ2n) is 5.50. The maximum atomic E-state index is 12.6. The molecule has 1 heterocycles. The van der Waals surface area contributed by atoms with Crippen molar-refractivity contribution in [1.82, 2.24) is 0 Å². The first-order chi connectivity index (χ1) is 11.2. The third-order valence-electron chi connectivity index (χ3n) is 4.07. The van der Waals surface area contributed by atoms with Gasteiger partial charge in [-0.05, 0) is 42.0 Å². The Kier molecular flexibility index (Phi) is 4.72. The molecule has 1 aliphatic carbocycles. The Hall–Kier alpha value is -2.20. The first-order valence-corrected chi connectivity index (χ1v) is 8.58. The lowest BCUT2D eigenvalue weighted by molar-refractivity contribution is -0.151. The Labute approximate surface area is 139 Å². The maximum Gasteiger partial charge on any atom is 0.317 e. The van der Waals surface area contributed by atoms with Gasteiger partial charge < -0.3 is 4.74 Å². The van der Waals surface area contributed by atoms with Gasteiger partial charge in [0.25, 0.3) is 0 Å². The van der Waals surface area contributed by atoms with Gasteiger partial charge in [-0.3, -0.25) is 9.59 Å². The largest absolute Gasteiger partial charge is 0.465 e. The molecule has 1 aromatic heterocycles. The summed E-state index contributed by atoms with van der Waals surface area (Å²) in [5.41, 5.74) is 2.00. The lowest BCUT2D eigenvalue weighted by Gasteiger charge is -2.29. The molecule has 4 heteroatoms. The molecule has 0 saturated heterocycles. The average molecular weight is 326 g/mol. The van der Waals surface area contributed by atoms with Gasteiger partial charge in [-0.15, -0.1) is 11.3 Å². The zero-order valence-electron chi connectivity index (χ0n) is 12.9. The van der Waals surface area contributed by atoms with E-state index in [0.29, 0.717) is 6.42 Å². The predicted octanol–water partition coefficient (Wildman–Crippen LogP) is 4.07. The molecule has 0 aliphatic heterocycles. The average Bonchev–Trinajstić information content (AvgIpc) is 3.09. The molecule has 1 aromatic carbocycles. The van der Waals surface area contributed by atoms with Gasteiger partial charge in [0.1, 0.15) is 5.92 Å². The van der Waals surface area contributed by atoms with Crippen LogP contribution in [-0.4, -0.2) is 18.4 Å². The molecule has 0 amide bonds. The van der Waals surface area contributed by atoms with Crippen molar-refractivity contribution in [3.63, 3.8) is 0 Å². The molecular weight excluding hydrogens is 308 g/mol. The monoisotopic (exact) mass is 326 g/mol. The molecule has 118 valence electrons. The fraction of sp³-hybridized carbons (Fsp3) is 0.263. The molecule has 3 nitrogen and oxygen atoms in total. The van der Waals surface area contributed by atoms with E-state index in [1.165, 1.54) is 0 Å². The number of benzene rings is 1. The van der Waals surface area contributed by atoms with E-state index in [1.807, 2.05) is 47.8 Å². The summed E-state index contributed by atoms with van der Waals surface area (Å²) in [6.07, 6.45) is 2.28. The van der Waals surface area contributed by atoms with Gasteiger partial charge in [-0.1, -0.05) is 36.4 Å². The number of thiophene rings is 1. The molecule has 1 aliphatic rings. The highest BCUT2D eigenvalue weighted by Gasteiger charge is 2.39. The van der Waals surface area contributed by atoms with E-state index < -0.39 is 11.9 Å². The molecule has 0 saturated carbocycles. The second-order valence-corrected chi connectivity index (χ2v) is 6.45. The van der Waals surface area contributed by atoms with Gasteiger partial charge in [-0.25, -0.2) is 0 Å². The lowest BCUT2D eigenvalue weighted by Crippen LogP contribution is -2.33. The van der Waals surface area contributed by atoms with Crippen molar-refractivity contribution >= 4 is 28.7 Å². The first kappa shape index (κ1) is 15.7. The molecule has 3 rings (SSSR count). The molecule has 2 aromatic rings. The summed E-state index contributed by atoms with van der Waals surface area (Å²) < 4.78 is 5.14. The SMILES string of the molecule is CCOC(=O)[C@H]1C(=O)C=C(c2cccs2)C[C@@H]1c1ccccc1. The van der Waals surface area contributed by atoms with Crippen LogP contribution >= 0.6 is 11.3 Å². The van der Waals surface area contributed by atoms with Crippen LogP contribution in [0.25, 0.3) is 5.57 Å². The fourth-order valence-electron chi connectivity index (χ4n) is 3.03. The Morgan fingerprint density at radius 3 is 2.65 bits per heavy atom. The highest BCUT2D eigenvalue weighted by atomic mass is 32.1. The van der Waals surface area contributed by atoms with Crippen LogP contribution in [0.5, 0.6) is 0 Å². The fourth-order valence-corrected chi connectivity index (χ4v) is 3.78. The number of ketones is 1. The zero-order valence-corrected chi connectivity index (χ0v) is 13.7. The van der Waals surface area contributed by atoms with Gasteiger partial charge in [-0.2, -0.15) is 0 Å². The predicted molar refractivity (Wildman–Crippen MR) is 91.2 cm³/mol. The number of esters is 1. The Morgan fingerprint density at radius 1 is 1.22 bits per heavy atom. The Bertz CT molecular complexity index is 716. The molecule has 0 radical (unpaired) electrons. The van der Waals surface area contributed by atoms with E-state index in [1.54, 1.807) is 24.3 Å². The number of rotatable bonds is 4. The van der Waals surface area contributed by atoms with E-state index in [0.717, 1.165) is 16.0 Å². The third kappa shape index (κ3) is 3.27. The van der Waals surface area contributed by atoms with E-state index in [2.05, 4.69) is 0 Å². The van der Waals surface area contributed by atoms with Crippen molar-refractivity contribution in [1.29, 1.82) is 0 Å². The van der Waals surface area contributed by atoms with Crippen LogP contribution in [0.3, 0.4) is 0 Å². The summed E-state index contributed by atoms with van der Waals surface area (Å²) in [4.78, 5) is 26.0. The molecule has 23 heavy (non-hydrogen) atoms. The summed E-state index contributed by atoms with van der Waals surface area (Å²) in [6.45, 7) is 2.04. The summed E-state index contributed by atoms with van der Waals surface area (Å²) in [7, 11) is 0. The topological polar surface area (TPSA) is 43.4 Å². The normalized spacial score (nSPS) is 20.9. The highest BCUT2D eigenvalue weighted by Crippen LogP contribution is 2.41. The van der Waals surface area contributed by atoms with Gasteiger partial charge in [0.15, 0.2) is 5.78 Å². The first-order valence-electron chi connectivity index (χ1n) is 7.70. The van der Waals surface area contributed by atoms with Crippen molar-refractivity contribution < 1.29 is 14.3 Å². The smallest absolute Gasteiger partial charge is 0.317 e. The minimum absolute atomic E-state index is 0.160. The summed E-state index contributed by atoms with van der Waals surface area (Å²) in [5.74, 6) is -1.51. The minimum atomic E-state index is -0.749. The number of ether oxygens (including phenoxy) is 1. The van der Waals surface area contributed by atoms with Crippen LogP contribution in [-0.2, 0) is 14.3 Å². The number of hydrogen-bond donors (Lipinski definition) is 0. The lowest BCUT2D eigenvalue weighted by atomic mass is 9.74. The van der Waals surface area contributed by atoms with E-state index in [9.17, 15) is 9.59 Å². The zero-order chi connectivity index (χ0) is 16.2. The van der Waals surface area contributed by atoms with Crippen molar-refractivity contribution in [3.8, 4) is 0 Å². The number of allylic oxidation sites excluding steroid dienone is 2. The number of carbonyl (C=O) groups excluding carboxylic acids is 2. The number of carbonyl (C=O) groups is 2. The van der Waals surface area contributed by atoms with Gasteiger partial charge in [0.2, 0.25) is 0 Å². The van der Waals surface area contributed by atoms with Crippen LogP contribution in [0.15, 0.2) is 53.9 Å². The third-order valence-corrected chi connectivity index (χ3v) is 5.02. The molecule has 0 unspecified atom stereocenters. The minimum Gasteiger partial charge on any atom is -0.465 e. The van der Waals surface area contributed by atoms with E-state index in [4.69, 9.17) is 4.74 Å². The van der Waals surface area contributed by atoms with Crippen LogP contribution in [0.4, 0.5) is 0 Å². The van der Waals surface area contributed by atoms with Gasteiger partial charge in [0, 0.05) is 10.8 Å². The Balaban J connectivity index is 2.00. The van der Waals surface area contributed by atoms with Crippen molar-refractivity contribution in [2.24, 2.45) is 5.92 Å². The Morgan fingerprint density at radius 2 is 2.00 bits per heavy atom. The highest BCUT2D eigenvalue weighted by molar-refractivity contribution is 7.11. The van der Waals surface area contributed by atoms with Crippen LogP contribution < -0.4 is 0 Å². The maximum absolute atomic E-state index is 12.6. The van der Waals surface area contributed by atoms with Crippen molar-refractivity contribution in [3.05, 3.63) is 64.4 Å². The summed E-state index contributed by atoms with van der Waals surface area (Å²) >= 11 is 1.61. The van der Waals surface area contributed by atoms with Crippen LogP contribution in [0.1, 0.15) is 29.7 Å². The summed E-state index contributed by atoms with van der Waals surface area (Å²) in [5, 5.41) is 2.00. The van der Waals surface area contributed by atoms with Crippen LogP contribution in [0.2, 0.25) is 0 Å². The standard InChI is InChI=1S/C19H18O3S/c1-2-22-19(21)18-15(13-7-4-3-5-8-13)11-14(12-16(18)20)17-9-6-10-23-17/h3-10,12,15,18H,2,11H2,1H3/t15-,18-/m1/s1. The molecule has 0 fully saturated rings. The second kappa shape index (κ2) is 6.92. The molecular formula is C19H18O3S. The van der Waals surface area contributed by atoms with E-state index in [-0.39, 0.29) is 18.3 Å². The molecule has 0 bridgehead atoms. The quantitative estimate of drug-likeness (QED) is 0.628. The summed E-state index contributed by atoms with van der Waals surface area (Å²) in [6, 6.07) is 13.7. The van der Waals surface area contributed by atoms with Crippen molar-refractivity contribution in [2.75, 3.05) is 6.61 Å². The molecule has 2 atom stereocenters. The number of hydrogen-bond acceptors (Lipinski definition) is 4. The molecule has 0 spiro atoms. The van der Waals surface area contributed by atoms with E-state index >= 15 is 0 Å². The van der Waals surface area contributed by atoms with Gasteiger partial charge >= 0.3 is 5.97 Å². The van der Waals surface area contributed by atoms with Crippen molar-refractivity contribution in [2.45, 2.75) is 19.3 Å². The molecule has 0 N–H and O–H groups in total.